The Bertz CT molecular complexity index is 5580. The molecule has 0 aliphatic rings. The molecule has 15 aromatic rings. The first-order chi connectivity index (χ1) is 45.6. The van der Waals surface area contributed by atoms with Crippen LogP contribution in [0.2, 0.25) is 0 Å². The van der Waals surface area contributed by atoms with Gasteiger partial charge in [0.05, 0.1) is 59.1 Å². The van der Waals surface area contributed by atoms with Gasteiger partial charge in [0, 0.05) is 43.6 Å². The average Bonchev–Trinajstić information content (AvgIpc) is 1.35. The zero-order valence-corrected chi connectivity index (χ0v) is 40.8. The molecule has 76 heavy (non-hydrogen) atoms. The molecule has 15 rings (SSSR count). The average molecular weight is 1010 g/mol. The predicted octanol–water partition coefficient (Wildman–Crippen LogP) is 13.9. The lowest BCUT2D eigenvalue weighted by Gasteiger charge is -2.34. The van der Waals surface area contributed by atoms with E-state index in [1.807, 2.05) is 133 Å². The smallest absolute Gasteiger partial charge is 0.240 e. The highest BCUT2D eigenvalue weighted by molar-refractivity contribution is 7.19. The van der Waals surface area contributed by atoms with Gasteiger partial charge in [0.15, 0.2) is 13.9 Å². The minimum absolute atomic E-state index is 0.108. The molecule has 0 atom stereocenters. The van der Waals surface area contributed by atoms with Crippen LogP contribution < -0.4 is 20.7 Å². The lowest BCUT2D eigenvalue weighted by Crippen LogP contribution is -2.74. The Kier molecular flexibility index (Phi) is 6.61. The second-order valence-electron chi connectivity index (χ2n) is 18.1. The third kappa shape index (κ3) is 6.76. The Morgan fingerprint density at radius 1 is 0.303 bits per heavy atom. The fraction of sp³-hybridized carbons (Fsp3) is 0. The molecule has 0 aliphatic carbocycles. The van der Waals surface area contributed by atoms with Gasteiger partial charge in [-0.3, -0.25) is 9.13 Å². The highest BCUT2D eigenvalue weighted by Crippen LogP contribution is 2.39. The fourth-order valence-corrected chi connectivity index (χ4v) is 14.4. The first-order valence-corrected chi connectivity index (χ1v) is 26.3. The van der Waals surface area contributed by atoms with Gasteiger partial charge in [-0.05, 0) is 86.5 Å². The first kappa shape index (κ1) is 28.5. The number of hydrogen-bond donors (Lipinski definition) is 0. The molecule has 0 amide bonds. The van der Waals surface area contributed by atoms with Gasteiger partial charge in [0.2, 0.25) is 11.9 Å². The molecule has 4 aromatic heterocycles. The Morgan fingerprint density at radius 2 is 0.724 bits per heavy atom. The number of para-hydroxylation sites is 4. The van der Waals surface area contributed by atoms with Crippen molar-refractivity contribution < 1.29 is 26.0 Å². The van der Waals surface area contributed by atoms with Crippen molar-refractivity contribution in [3.8, 4) is 40.1 Å². The summed E-state index contributed by atoms with van der Waals surface area (Å²) in [5, 5.41) is 1.24. The van der Waals surface area contributed by atoms with Gasteiger partial charge in [-0.2, -0.15) is 15.0 Å². The van der Waals surface area contributed by atoms with Gasteiger partial charge >= 0.3 is 0 Å². The molecule has 0 radical (unpaired) electrons. The van der Waals surface area contributed by atoms with Crippen LogP contribution in [0.5, 0.6) is 0 Å². The summed E-state index contributed by atoms with van der Waals surface area (Å²) < 4.78 is 186. The van der Waals surface area contributed by atoms with Crippen LogP contribution in [-0.4, -0.2) is 36.7 Å². The van der Waals surface area contributed by atoms with Crippen LogP contribution in [-0.2, 0) is 0 Å². The molecule has 6 nitrogen and oxygen atoms in total. The van der Waals surface area contributed by atoms with Crippen LogP contribution in [0.1, 0.15) is 26.0 Å². The molecule has 7 heteroatoms. The quantitative estimate of drug-likeness (QED) is 0.107. The van der Waals surface area contributed by atoms with E-state index in [4.69, 9.17) is 27.3 Å². The van der Waals surface area contributed by atoms with Crippen LogP contribution in [0.4, 0.5) is 0 Å². The minimum Gasteiger partial charge on any atom is -0.309 e. The van der Waals surface area contributed by atoms with Crippen molar-refractivity contribution in [1.29, 1.82) is 0 Å². The van der Waals surface area contributed by atoms with E-state index in [0.717, 1.165) is 60.2 Å². The number of benzene rings is 11. The molecule has 0 saturated heterocycles. The Labute approximate surface area is 466 Å². The van der Waals surface area contributed by atoms with Gasteiger partial charge in [0.25, 0.3) is 0 Å². The van der Waals surface area contributed by atoms with Crippen molar-refractivity contribution in [3.05, 3.63) is 279 Å². The standard InChI is InChI=1S/C69H46N6Si/c1-5-22-47(23-6-1)48-40-42-65-59(45-48)57-34-15-19-38-63(57)74(65)68-70-67(49-24-21-31-54(44-49)76(51-25-7-2-8-26-51,52-27-9-3-10-28-52)53-29-11-4-12-30-53)71-69(72-68)75-64-39-20-16-35-58(64)60-46-50(41-43-66(60)75)73-61-36-17-13-32-55(61)56-33-14-18-37-62(56)73/h1-46H/i2D,3D,4D,7D,8D,9D,10D,11D,12D,21D,24D,25D,26D,27D,28D,29D,30D,31D,44D. The summed E-state index contributed by atoms with van der Waals surface area (Å²) in [4.78, 5) is 15.6. The predicted molar refractivity (Wildman–Crippen MR) is 317 cm³/mol. The number of rotatable bonds is 9. The van der Waals surface area contributed by atoms with Crippen LogP contribution in [0, 0.1) is 0 Å². The molecule has 0 unspecified atom stereocenters. The highest BCUT2D eigenvalue weighted by Gasteiger charge is 2.41. The van der Waals surface area contributed by atoms with Crippen molar-refractivity contribution in [1.82, 2.24) is 28.7 Å². The molecule has 4 heterocycles. The van der Waals surface area contributed by atoms with Crippen LogP contribution in [0.15, 0.2) is 279 Å². The summed E-state index contributed by atoms with van der Waals surface area (Å²) in [6.45, 7) is 0. The van der Waals surface area contributed by atoms with Crippen molar-refractivity contribution in [3.63, 3.8) is 0 Å². The maximum Gasteiger partial charge on any atom is 0.240 e. The van der Waals surface area contributed by atoms with E-state index in [2.05, 4.69) is 34.9 Å². The molecule has 0 saturated carbocycles. The summed E-state index contributed by atoms with van der Waals surface area (Å²) in [6.07, 6.45) is 0. The number of aromatic nitrogens is 6. The summed E-state index contributed by atoms with van der Waals surface area (Å²) in [5.41, 5.74) is 6.21. The van der Waals surface area contributed by atoms with Crippen molar-refractivity contribution >= 4 is 94.2 Å². The molecule has 356 valence electrons. The summed E-state index contributed by atoms with van der Waals surface area (Å²) in [5.74, 6) is -0.746. The van der Waals surface area contributed by atoms with E-state index in [9.17, 15) is 13.7 Å². The van der Waals surface area contributed by atoms with Gasteiger partial charge in [0.1, 0.15) is 0 Å². The van der Waals surface area contributed by atoms with Crippen molar-refractivity contribution in [2.24, 2.45) is 0 Å². The molecule has 0 N–H and O–H groups in total. The second-order valence-corrected chi connectivity index (χ2v) is 21.6. The normalized spacial score (nSPS) is 15.4. The van der Waals surface area contributed by atoms with Gasteiger partial charge in [-0.15, -0.1) is 0 Å². The van der Waals surface area contributed by atoms with E-state index in [-0.39, 0.29) is 11.9 Å². The van der Waals surface area contributed by atoms with Crippen LogP contribution >= 0.6 is 0 Å². The second kappa shape index (κ2) is 17.6. The molecule has 0 fully saturated rings. The Hall–Kier alpha value is -9.95. The summed E-state index contributed by atoms with van der Waals surface area (Å²) in [7, 11) is -6.26. The van der Waals surface area contributed by atoms with E-state index in [1.165, 1.54) is 0 Å². The highest BCUT2D eigenvalue weighted by atomic mass is 28.3. The number of hydrogen-bond acceptors (Lipinski definition) is 3. The van der Waals surface area contributed by atoms with Crippen LogP contribution in [0.25, 0.3) is 106 Å². The van der Waals surface area contributed by atoms with E-state index in [0.29, 0.717) is 22.1 Å². The lowest BCUT2D eigenvalue weighted by molar-refractivity contribution is 0.893. The molecule has 0 aliphatic heterocycles. The fourth-order valence-electron chi connectivity index (χ4n) is 10.9. The van der Waals surface area contributed by atoms with E-state index >= 15 is 0 Å². The zero-order valence-electron chi connectivity index (χ0n) is 58.8. The zero-order chi connectivity index (χ0) is 66.7. The molecule has 0 spiro atoms. The third-order valence-corrected chi connectivity index (χ3v) is 18.1. The Balaban J connectivity index is 1.11. The maximum atomic E-state index is 10.8. The lowest BCUT2D eigenvalue weighted by atomic mass is 10.0. The van der Waals surface area contributed by atoms with E-state index < -0.39 is 155 Å². The van der Waals surface area contributed by atoms with Crippen LogP contribution in [0.3, 0.4) is 0 Å². The number of nitrogens with zero attached hydrogens (tertiary/aromatic N) is 6. The third-order valence-electron chi connectivity index (χ3n) is 14.1. The summed E-state index contributed by atoms with van der Waals surface area (Å²) >= 11 is 0. The topological polar surface area (TPSA) is 53.5 Å². The molecular formula is C69H46N6Si. The van der Waals surface area contributed by atoms with Crippen molar-refractivity contribution in [2.45, 2.75) is 0 Å². The monoisotopic (exact) mass is 1010 g/mol. The SMILES string of the molecule is [2H]c1c([2H])c([2H])c([Si](c2c([2H])c([2H])c([2H])c([2H])c2[2H])(c2c([2H])c([2H])c([2H])c([2H])c2[2H])c2c([2H])c([2H])c([2H])c(-c3nc(-n4c5ccccc5c5cc(-c6ccccc6)ccc54)nc(-n4c5ccccc5c5cc(-n6c7ccccc7c7ccccc76)ccc54)n3)c2[2H])c([2H])c1[2H]. The minimum atomic E-state index is -6.26. The van der Waals surface area contributed by atoms with Crippen molar-refractivity contribution in [2.75, 3.05) is 0 Å². The Morgan fingerprint density at radius 3 is 1.25 bits per heavy atom. The number of fused-ring (bicyclic) bond motifs is 9. The molecule has 11 aromatic carbocycles. The van der Waals surface area contributed by atoms with E-state index in [1.54, 1.807) is 9.13 Å². The van der Waals surface area contributed by atoms with Gasteiger partial charge < -0.3 is 4.57 Å². The molecule has 0 bridgehead atoms. The maximum absolute atomic E-state index is 10.8. The molecular weight excluding hydrogens is 941 g/mol. The van der Waals surface area contributed by atoms with Gasteiger partial charge in [-0.1, -0.05) is 224 Å². The van der Waals surface area contributed by atoms with Gasteiger partial charge in [-0.25, -0.2) is 0 Å². The first-order valence-electron chi connectivity index (χ1n) is 33.8. The largest absolute Gasteiger partial charge is 0.309 e. The summed E-state index contributed by atoms with van der Waals surface area (Å²) in [6, 6.07) is 32.6.